The van der Waals surface area contributed by atoms with E-state index in [2.05, 4.69) is 29.7 Å². The largest absolute Gasteiger partial charge is 0.498 e. The van der Waals surface area contributed by atoms with E-state index in [1.54, 1.807) is 0 Å². The highest BCUT2D eigenvalue weighted by Gasteiger charge is 2.21. The van der Waals surface area contributed by atoms with Crippen molar-refractivity contribution in [3.63, 3.8) is 0 Å². The molecule has 1 aliphatic heterocycles. The van der Waals surface area contributed by atoms with Gasteiger partial charge in [-0.05, 0) is 26.2 Å². The van der Waals surface area contributed by atoms with Gasteiger partial charge in [0.25, 0.3) is 0 Å². The predicted molar refractivity (Wildman–Crippen MR) is 76.2 cm³/mol. The van der Waals surface area contributed by atoms with Crippen molar-refractivity contribution in [1.82, 2.24) is 0 Å². The Morgan fingerprint density at radius 2 is 2.06 bits per heavy atom. The normalized spacial score (nSPS) is 20.6. The van der Waals surface area contributed by atoms with Crippen LogP contribution in [0.3, 0.4) is 0 Å². The van der Waals surface area contributed by atoms with E-state index in [0.717, 1.165) is 25.9 Å². The molecule has 1 aliphatic carbocycles. The molecular weight excluding hydrogens is 222 g/mol. The Morgan fingerprint density at radius 3 is 2.83 bits per heavy atom. The lowest BCUT2D eigenvalue weighted by molar-refractivity contribution is -0.506. The summed E-state index contributed by atoms with van der Waals surface area (Å²) in [7, 11) is 0. The number of nitrogens with zero attached hydrogens (tertiary/aromatic N) is 1. The molecule has 2 aliphatic rings. The molecule has 0 atom stereocenters. The maximum Gasteiger partial charge on any atom is 0.179 e. The molecule has 0 aromatic heterocycles. The summed E-state index contributed by atoms with van der Waals surface area (Å²) in [6.45, 7) is 5.44. The van der Waals surface area contributed by atoms with Crippen LogP contribution in [0.25, 0.3) is 0 Å². The van der Waals surface area contributed by atoms with E-state index in [-0.39, 0.29) is 0 Å². The molecule has 2 rings (SSSR count). The Morgan fingerprint density at radius 1 is 1.22 bits per heavy atom. The molecule has 0 N–H and O–H groups in total. The molecule has 0 radical (unpaired) electrons. The van der Waals surface area contributed by atoms with E-state index in [9.17, 15) is 0 Å². The van der Waals surface area contributed by atoms with Crippen molar-refractivity contribution in [1.29, 1.82) is 0 Å². The second-order valence-corrected chi connectivity index (χ2v) is 5.21. The number of allylic oxidation sites excluding steroid dienone is 4. The lowest BCUT2D eigenvalue weighted by atomic mass is 10.0. The van der Waals surface area contributed by atoms with Gasteiger partial charge in [0.1, 0.15) is 18.8 Å². The molecule has 1 fully saturated rings. The molecule has 2 nitrogen and oxygen atoms in total. The fourth-order valence-corrected chi connectivity index (χ4v) is 2.71. The van der Waals surface area contributed by atoms with Gasteiger partial charge in [-0.1, -0.05) is 12.2 Å². The van der Waals surface area contributed by atoms with Gasteiger partial charge in [-0.15, -0.1) is 0 Å². The highest BCUT2D eigenvalue weighted by atomic mass is 16.5. The zero-order valence-electron chi connectivity index (χ0n) is 11.7. The Kier molecular flexibility index (Phi) is 5.50. The highest BCUT2D eigenvalue weighted by Crippen LogP contribution is 2.19. The zero-order valence-corrected chi connectivity index (χ0v) is 11.7. The van der Waals surface area contributed by atoms with E-state index in [1.807, 2.05) is 0 Å². The second-order valence-electron chi connectivity index (χ2n) is 5.21. The quantitative estimate of drug-likeness (QED) is 0.411. The Bertz CT molecular complexity index is 344. The van der Waals surface area contributed by atoms with Gasteiger partial charge in [-0.3, -0.25) is 0 Å². The van der Waals surface area contributed by atoms with Crippen LogP contribution < -0.4 is 0 Å². The van der Waals surface area contributed by atoms with Crippen LogP contribution in [0.4, 0.5) is 0 Å². The lowest BCUT2D eigenvalue weighted by Crippen LogP contribution is -2.19. The standard InChI is InChI=1S/C16H26NO/c1-2-3-4-7-13-18-16-10-8-9-15(14-16)17-11-5-6-12-17/h2-3,14H,4-13H2,1H3/q+1/b3-2-. The molecule has 0 bridgehead atoms. The maximum absolute atomic E-state index is 5.90. The summed E-state index contributed by atoms with van der Waals surface area (Å²) in [6.07, 6.45) is 15.2. The minimum atomic E-state index is 0.865. The number of hydrogen-bond acceptors (Lipinski definition) is 1. The first-order chi connectivity index (χ1) is 8.90. The molecular formula is C16H26NO+. The first-order valence-corrected chi connectivity index (χ1v) is 7.45. The van der Waals surface area contributed by atoms with Crippen LogP contribution in [0.2, 0.25) is 0 Å². The van der Waals surface area contributed by atoms with E-state index in [1.165, 1.54) is 50.2 Å². The van der Waals surface area contributed by atoms with Crippen molar-refractivity contribution in [3.05, 3.63) is 24.0 Å². The highest BCUT2D eigenvalue weighted by molar-refractivity contribution is 5.92. The van der Waals surface area contributed by atoms with Crippen LogP contribution in [0.1, 0.15) is 51.9 Å². The average molecular weight is 248 g/mol. The third-order valence-electron chi connectivity index (χ3n) is 3.73. The first kappa shape index (κ1) is 13.4. The molecule has 0 saturated carbocycles. The number of hydrogen-bond donors (Lipinski definition) is 0. The van der Waals surface area contributed by atoms with Gasteiger partial charge < -0.3 is 4.74 Å². The third-order valence-corrected chi connectivity index (χ3v) is 3.73. The SMILES string of the molecule is C/C=C\CCCOC1=CC(=[N+]2CCCC2)CCC1. The Balaban J connectivity index is 1.82. The van der Waals surface area contributed by atoms with Gasteiger partial charge in [0.15, 0.2) is 5.71 Å². The Hall–Kier alpha value is -1.05. The molecule has 1 saturated heterocycles. The van der Waals surface area contributed by atoms with Gasteiger partial charge in [0.2, 0.25) is 0 Å². The van der Waals surface area contributed by atoms with Gasteiger partial charge in [0, 0.05) is 31.8 Å². The third kappa shape index (κ3) is 4.01. The van der Waals surface area contributed by atoms with Crippen LogP contribution in [0.15, 0.2) is 24.0 Å². The summed E-state index contributed by atoms with van der Waals surface area (Å²) in [4.78, 5) is 0. The van der Waals surface area contributed by atoms with E-state index < -0.39 is 0 Å². The topological polar surface area (TPSA) is 12.2 Å². The fraction of sp³-hybridized carbons (Fsp3) is 0.688. The van der Waals surface area contributed by atoms with Gasteiger partial charge in [-0.25, -0.2) is 4.58 Å². The van der Waals surface area contributed by atoms with Gasteiger partial charge >= 0.3 is 0 Å². The van der Waals surface area contributed by atoms with Crippen molar-refractivity contribution in [2.24, 2.45) is 0 Å². The summed E-state index contributed by atoms with van der Waals surface area (Å²) in [5, 5.41) is 0. The summed E-state index contributed by atoms with van der Waals surface area (Å²) in [5.41, 5.74) is 1.52. The zero-order chi connectivity index (χ0) is 12.6. The summed E-state index contributed by atoms with van der Waals surface area (Å²) >= 11 is 0. The van der Waals surface area contributed by atoms with Crippen LogP contribution in [0, 0.1) is 0 Å². The smallest absolute Gasteiger partial charge is 0.179 e. The molecule has 0 spiro atoms. The second kappa shape index (κ2) is 7.40. The predicted octanol–water partition coefficient (Wildman–Crippen LogP) is 3.67. The van der Waals surface area contributed by atoms with E-state index >= 15 is 0 Å². The van der Waals surface area contributed by atoms with Crippen LogP contribution in [-0.2, 0) is 4.74 Å². The minimum Gasteiger partial charge on any atom is -0.498 e. The first-order valence-electron chi connectivity index (χ1n) is 7.45. The number of unbranched alkanes of at least 4 members (excludes halogenated alkanes) is 1. The van der Waals surface area contributed by atoms with E-state index in [4.69, 9.17) is 4.74 Å². The maximum atomic E-state index is 5.90. The van der Waals surface area contributed by atoms with Crippen molar-refractivity contribution >= 4 is 5.71 Å². The lowest BCUT2D eigenvalue weighted by Gasteiger charge is -2.14. The van der Waals surface area contributed by atoms with Crippen molar-refractivity contribution in [2.45, 2.75) is 51.9 Å². The van der Waals surface area contributed by atoms with E-state index in [0.29, 0.717) is 0 Å². The minimum absolute atomic E-state index is 0.865. The molecule has 0 aromatic carbocycles. The summed E-state index contributed by atoms with van der Waals surface area (Å²) < 4.78 is 8.44. The van der Waals surface area contributed by atoms with Gasteiger partial charge in [-0.2, -0.15) is 0 Å². The van der Waals surface area contributed by atoms with Crippen LogP contribution in [-0.4, -0.2) is 30.0 Å². The number of ether oxygens (including phenoxy) is 1. The monoisotopic (exact) mass is 248 g/mol. The molecule has 2 heteroatoms. The van der Waals surface area contributed by atoms with Crippen molar-refractivity contribution in [3.8, 4) is 0 Å². The fourth-order valence-electron chi connectivity index (χ4n) is 2.71. The van der Waals surface area contributed by atoms with Crippen LogP contribution in [0.5, 0.6) is 0 Å². The van der Waals surface area contributed by atoms with Crippen LogP contribution >= 0.6 is 0 Å². The molecule has 0 unspecified atom stereocenters. The molecule has 18 heavy (non-hydrogen) atoms. The molecule has 0 aromatic rings. The van der Waals surface area contributed by atoms with Gasteiger partial charge in [0.05, 0.1) is 6.61 Å². The molecule has 1 heterocycles. The molecule has 100 valence electrons. The Labute approximate surface area is 111 Å². The number of rotatable bonds is 5. The summed E-state index contributed by atoms with van der Waals surface area (Å²) in [5.74, 6) is 1.21. The van der Waals surface area contributed by atoms with Crippen molar-refractivity contribution in [2.75, 3.05) is 19.7 Å². The molecule has 0 amide bonds. The summed E-state index contributed by atoms with van der Waals surface area (Å²) in [6, 6.07) is 0. The van der Waals surface area contributed by atoms with Crippen molar-refractivity contribution < 1.29 is 9.31 Å². The average Bonchev–Trinajstić information content (AvgIpc) is 2.93.